The van der Waals surface area contributed by atoms with Crippen molar-refractivity contribution in [2.24, 2.45) is 0 Å². The molecule has 1 N–H and O–H groups in total. The van der Waals surface area contributed by atoms with E-state index in [4.69, 9.17) is 9.84 Å². The van der Waals surface area contributed by atoms with Gasteiger partial charge in [0.2, 0.25) is 0 Å². The molecule has 1 aliphatic rings. The van der Waals surface area contributed by atoms with E-state index in [0.29, 0.717) is 18.5 Å². The minimum Gasteiger partial charge on any atom is -0.481 e. The van der Waals surface area contributed by atoms with Crippen molar-refractivity contribution < 1.29 is 19.4 Å². The van der Waals surface area contributed by atoms with Gasteiger partial charge in [0, 0.05) is 37.5 Å². The Kier molecular flexibility index (Phi) is 4.25. The van der Waals surface area contributed by atoms with E-state index < -0.39 is 5.97 Å². The van der Waals surface area contributed by atoms with Crippen molar-refractivity contribution in [2.75, 3.05) is 13.7 Å². The number of hydrogen-bond acceptors (Lipinski definition) is 4. The van der Waals surface area contributed by atoms with E-state index in [1.807, 2.05) is 24.3 Å². The van der Waals surface area contributed by atoms with Crippen LogP contribution in [-0.2, 0) is 9.53 Å². The second-order valence-electron chi connectivity index (χ2n) is 5.71. The van der Waals surface area contributed by atoms with Crippen molar-refractivity contribution in [1.29, 1.82) is 0 Å². The largest absolute Gasteiger partial charge is 0.481 e. The zero-order valence-electron chi connectivity index (χ0n) is 12.8. The number of hydrogen-bond donors (Lipinski definition) is 1. The van der Waals surface area contributed by atoms with E-state index in [-0.39, 0.29) is 24.5 Å². The molecule has 120 valence electrons. The molecule has 0 radical (unpaired) electrons. The SMILES string of the molecule is COC1CC(CC(=O)O)N(C(=O)c2cncc3ccccc23)C1. The van der Waals surface area contributed by atoms with Crippen molar-refractivity contribution in [3.8, 4) is 0 Å². The van der Waals surface area contributed by atoms with Gasteiger partial charge < -0.3 is 14.7 Å². The summed E-state index contributed by atoms with van der Waals surface area (Å²) in [5, 5.41) is 10.8. The molecule has 6 nitrogen and oxygen atoms in total. The van der Waals surface area contributed by atoms with E-state index >= 15 is 0 Å². The van der Waals surface area contributed by atoms with Gasteiger partial charge in [-0.15, -0.1) is 0 Å². The Morgan fingerprint density at radius 3 is 2.87 bits per heavy atom. The van der Waals surface area contributed by atoms with Crippen molar-refractivity contribution in [1.82, 2.24) is 9.88 Å². The van der Waals surface area contributed by atoms with E-state index in [2.05, 4.69) is 4.98 Å². The maximum Gasteiger partial charge on any atom is 0.305 e. The first kappa shape index (κ1) is 15.4. The molecule has 6 heteroatoms. The lowest BCUT2D eigenvalue weighted by Crippen LogP contribution is -2.37. The third-order valence-electron chi connectivity index (χ3n) is 4.28. The number of amides is 1. The number of ether oxygens (including phenoxy) is 1. The van der Waals surface area contributed by atoms with Gasteiger partial charge in [-0.3, -0.25) is 14.6 Å². The molecule has 0 bridgehead atoms. The highest BCUT2D eigenvalue weighted by Gasteiger charge is 2.37. The molecule has 2 atom stereocenters. The Morgan fingerprint density at radius 2 is 2.13 bits per heavy atom. The van der Waals surface area contributed by atoms with Gasteiger partial charge in [0.15, 0.2) is 0 Å². The summed E-state index contributed by atoms with van der Waals surface area (Å²) in [4.78, 5) is 29.8. The van der Waals surface area contributed by atoms with Gasteiger partial charge in [-0.1, -0.05) is 24.3 Å². The molecule has 2 aromatic rings. The predicted octanol–water partition coefficient (Wildman–Crippen LogP) is 1.94. The second-order valence-corrected chi connectivity index (χ2v) is 5.71. The third-order valence-corrected chi connectivity index (χ3v) is 4.28. The minimum atomic E-state index is -0.916. The van der Waals surface area contributed by atoms with Gasteiger partial charge in [0.25, 0.3) is 5.91 Å². The number of aliphatic carboxylic acids is 1. The Hall–Kier alpha value is -2.47. The first-order valence-electron chi connectivity index (χ1n) is 7.48. The smallest absolute Gasteiger partial charge is 0.305 e. The molecule has 1 aliphatic heterocycles. The Labute approximate surface area is 133 Å². The average molecular weight is 314 g/mol. The van der Waals surface area contributed by atoms with Crippen molar-refractivity contribution in [2.45, 2.75) is 25.0 Å². The molecule has 1 fully saturated rings. The standard InChI is InChI=1S/C17H18N2O4/c1-23-13-6-12(7-16(20)21)19(10-13)17(22)15-9-18-8-11-4-2-3-5-14(11)15/h2-5,8-9,12-13H,6-7,10H2,1H3,(H,20,21). The molecular weight excluding hydrogens is 296 g/mol. The van der Waals surface area contributed by atoms with Gasteiger partial charge >= 0.3 is 5.97 Å². The van der Waals surface area contributed by atoms with Crippen LogP contribution in [0.25, 0.3) is 10.8 Å². The summed E-state index contributed by atoms with van der Waals surface area (Å²) in [6, 6.07) is 7.18. The minimum absolute atomic E-state index is 0.0796. The molecule has 3 rings (SSSR count). The number of aromatic nitrogens is 1. The Balaban J connectivity index is 1.95. The molecule has 2 unspecified atom stereocenters. The molecule has 1 saturated heterocycles. The first-order chi connectivity index (χ1) is 11.1. The fourth-order valence-corrected chi connectivity index (χ4v) is 3.13. The van der Waals surface area contributed by atoms with Crippen LogP contribution in [-0.4, -0.2) is 52.7 Å². The van der Waals surface area contributed by atoms with Gasteiger partial charge in [-0.25, -0.2) is 0 Å². The number of methoxy groups -OCH3 is 1. The van der Waals surface area contributed by atoms with E-state index in [0.717, 1.165) is 10.8 Å². The molecule has 0 spiro atoms. The number of nitrogens with zero attached hydrogens (tertiary/aromatic N) is 2. The van der Waals surface area contributed by atoms with Gasteiger partial charge in [-0.05, 0) is 11.8 Å². The molecule has 2 heterocycles. The van der Waals surface area contributed by atoms with Crippen molar-refractivity contribution in [3.63, 3.8) is 0 Å². The quantitative estimate of drug-likeness (QED) is 0.933. The number of benzene rings is 1. The number of carbonyl (C=O) groups is 2. The lowest BCUT2D eigenvalue weighted by atomic mass is 10.1. The fourth-order valence-electron chi connectivity index (χ4n) is 3.13. The second kappa shape index (κ2) is 6.34. The van der Waals surface area contributed by atoms with Gasteiger partial charge in [0.1, 0.15) is 0 Å². The summed E-state index contributed by atoms with van der Waals surface area (Å²) in [6.07, 6.45) is 3.58. The van der Waals surface area contributed by atoms with Crippen LogP contribution in [0.2, 0.25) is 0 Å². The molecule has 1 aromatic heterocycles. The third kappa shape index (κ3) is 3.03. The molecule has 1 amide bonds. The number of carboxylic acid groups (broad SMARTS) is 1. The van der Waals surface area contributed by atoms with Crippen LogP contribution in [0.1, 0.15) is 23.2 Å². The van der Waals surface area contributed by atoms with Crippen LogP contribution in [0.15, 0.2) is 36.7 Å². The van der Waals surface area contributed by atoms with Crippen LogP contribution in [0.4, 0.5) is 0 Å². The highest BCUT2D eigenvalue weighted by molar-refractivity contribution is 6.06. The van der Waals surface area contributed by atoms with Crippen LogP contribution < -0.4 is 0 Å². The molecule has 0 saturated carbocycles. The van der Waals surface area contributed by atoms with Crippen LogP contribution in [0.3, 0.4) is 0 Å². The van der Waals surface area contributed by atoms with E-state index in [1.165, 1.54) is 0 Å². The summed E-state index contributed by atoms with van der Waals surface area (Å²) < 4.78 is 5.32. The molecule has 1 aromatic carbocycles. The number of likely N-dealkylation sites (tertiary alicyclic amines) is 1. The predicted molar refractivity (Wildman–Crippen MR) is 84.2 cm³/mol. The summed E-state index contributed by atoms with van der Waals surface area (Å²) in [7, 11) is 1.58. The van der Waals surface area contributed by atoms with E-state index in [1.54, 1.807) is 24.4 Å². The van der Waals surface area contributed by atoms with Crippen LogP contribution in [0.5, 0.6) is 0 Å². The number of rotatable bonds is 4. The highest BCUT2D eigenvalue weighted by atomic mass is 16.5. The fraction of sp³-hybridized carbons (Fsp3) is 0.353. The van der Waals surface area contributed by atoms with E-state index in [9.17, 15) is 9.59 Å². The Morgan fingerprint density at radius 1 is 1.35 bits per heavy atom. The normalized spacial score (nSPS) is 20.8. The topological polar surface area (TPSA) is 79.7 Å². The Bertz CT molecular complexity index is 741. The summed E-state index contributed by atoms with van der Waals surface area (Å²) in [5.74, 6) is -1.11. The van der Waals surface area contributed by atoms with Gasteiger partial charge in [0.05, 0.1) is 18.1 Å². The average Bonchev–Trinajstić information content (AvgIpc) is 2.96. The molecule has 0 aliphatic carbocycles. The zero-order chi connectivity index (χ0) is 16.4. The summed E-state index contributed by atoms with van der Waals surface area (Å²) in [5.41, 5.74) is 0.496. The summed E-state index contributed by atoms with van der Waals surface area (Å²) >= 11 is 0. The number of carboxylic acids is 1. The van der Waals surface area contributed by atoms with Crippen molar-refractivity contribution >= 4 is 22.6 Å². The number of pyridine rings is 1. The lowest BCUT2D eigenvalue weighted by Gasteiger charge is -2.23. The first-order valence-corrected chi connectivity index (χ1v) is 7.48. The van der Waals surface area contributed by atoms with Crippen LogP contribution >= 0.6 is 0 Å². The lowest BCUT2D eigenvalue weighted by molar-refractivity contribution is -0.137. The number of carbonyl (C=O) groups excluding carboxylic acids is 1. The zero-order valence-corrected chi connectivity index (χ0v) is 12.8. The number of fused-ring (bicyclic) bond motifs is 1. The van der Waals surface area contributed by atoms with Crippen LogP contribution in [0, 0.1) is 0 Å². The molecule has 23 heavy (non-hydrogen) atoms. The maximum absolute atomic E-state index is 13.0. The summed E-state index contributed by atoms with van der Waals surface area (Å²) in [6.45, 7) is 0.399. The highest BCUT2D eigenvalue weighted by Crippen LogP contribution is 2.27. The monoisotopic (exact) mass is 314 g/mol. The van der Waals surface area contributed by atoms with Gasteiger partial charge in [-0.2, -0.15) is 0 Å². The molecular formula is C17H18N2O4. The maximum atomic E-state index is 13.0. The van der Waals surface area contributed by atoms with Crippen molar-refractivity contribution in [3.05, 3.63) is 42.2 Å².